The van der Waals surface area contributed by atoms with E-state index < -0.39 is 5.97 Å². The summed E-state index contributed by atoms with van der Waals surface area (Å²) in [6.45, 7) is 2.77. The van der Waals surface area contributed by atoms with Gasteiger partial charge in [0.1, 0.15) is 0 Å². The highest BCUT2D eigenvalue weighted by atomic mass is 32.2. The number of aromatic amines is 1. The van der Waals surface area contributed by atoms with E-state index in [-0.39, 0.29) is 0 Å². The summed E-state index contributed by atoms with van der Waals surface area (Å²) < 4.78 is 0. The molecule has 0 aliphatic rings. The fourth-order valence-corrected chi connectivity index (χ4v) is 2.63. The summed E-state index contributed by atoms with van der Waals surface area (Å²) in [6, 6.07) is 8.30. The van der Waals surface area contributed by atoms with Gasteiger partial charge in [0.05, 0.1) is 17.6 Å². The first kappa shape index (κ1) is 21.1. The Hall–Kier alpha value is -2.99. The van der Waals surface area contributed by atoms with E-state index in [0.29, 0.717) is 11.5 Å². The first-order valence-electron chi connectivity index (χ1n) is 7.81. The third-order valence-electron chi connectivity index (χ3n) is 3.13. The summed E-state index contributed by atoms with van der Waals surface area (Å²) in [7, 11) is 1.73. The molecule has 26 heavy (non-hydrogen) atoms. The minimum Gasteiger partial charge on any atom is -0.478 e. The van der Waals surface area contributed by atoms with Crippen LogP contribution in [0, 0.1) is 18.4 Å². The van der Waals surface area contributed by atoms with Crippen LogP contribution >= 0.6 is 11.8 Å². The lowest BCUT2D eigenvalue weighted by Crippen LogP contribution is -2.35. The zero-order chi connectivity index (χ0) is 19.2. The number of imidazole rings is 1. The average Bonchev–Trinajstić information content (AvgIpc) is 3.06. The number of thioether (sulfide) groups is 1. The van der Waals surface area contributed by atoms with Gasteiger partial charge in [-0.1, -0.05) is 18.2 Å². The number of aliphatic imine (C=N–C) groups is 1. The third kappa shape index (κ3) is 8.21. The molecule has 2 rings (SSSR count). The number of carbonyl (C=O) groups is 1. The van der Waals surface area contributed by atoms with Crippen molar-refractivity contribution in [2.24, 2.45) is 4.99 Å². The molecule has 0 spiro atoms. The molecule has 0 saturated heterocycles. The predicted molar refractivity (Wildman–Crippen MR) is 103 cm³/mol. The number of benzene rings is 1. The van der Waals surface area contributed by atoms with Crippen LogP contribution in [0.2, 0.25) is 0 Å². The number of guanidine groups is 1. The second-order valence-corrected chi connectivity index (χ2v) is 6.04. The highest BCUT2D eigenvalue weighted by molar-refractivity contribution is 7.98. The predicted octanol–water partition coefficient (Wildman–Crippen LogP) is 1.98. The van der Waals surface area contributed by atoms with Crippen molar-refractivity contribution in [3.05, 3.63) is 53.6 Å². The van der Waals surface area contributed by atoms with Crippen LogP contribution in [-0.2, 0) is 5.75 Å². The Morgan fingerprint density at radius 2 is 2.15 bits per heavy atom. The summed E-state index contributed by atoms with van der Waals surface area (Å²) in [6.07, 6.45) is 3.44. The number of carboxylic acid groups (broad SMARTS) is 1. The molecule has 1 aromatic carbocycles. The Balaban J connectivity index is 0.000000314. The van der Waals surface area contributed by atoms with Gasteiger partial charge in [-0.05, 0) is 19.1 Å². The zero-order valence-electron chi connectivity index (χ0n) is 14.7. The molecule has 0 unspecified atom stereocenters. The highest BCUT2D eigenvalue weighted by Gasteiger charge is 2.01. The van der Waals surface area contributed by atoms with E-state index in [0.717, 1.165) is 29.4 Å². The molecule has 0 atom stereocenters. The molecule has 0 radical (unpaired) electrons. The summed E-state index contributed by atoms with van der Waals surface area (Å²) in [5.74, 6) is 1.44. The molecule has 2 aromatic rings. The second-order valence-electron chi connectivity index (χ2n) is 4.94. The largest absolute Gasteiger partial charge is 0.478 e. The normalized spacial score (nSPS) is 10.3. The Kier molecular flexibility index (Phi) is 10.0. The number of aromatic nitrogens is 2. The van der Waals surface area contributed by atoms with E-state index in [1.165, 1.54) is 0 Å². The van der Waals surface area contributed by atoms with Crippen LogP contribution in [0.3, 0.4) is 0 Å². The smallest absolute Gasteiger partial charge is 0.335 e. The minimum absolute atomic E-state index is 0.331. The van der Waals surface area contributed by atoms with E-state index in [4.69, 9.17) is 10.4 Å². The monoisotopic (exact) mass is 374 g/mol. The quantitative estimate of drug-likeness (QED) is 0.263. The number of carboxylic acids is 1. The molecule has 0 aliphatic carbocycles. The number of hydrogen-bond donors (Lipinski definition) is 4. The van der Waals surface area contributed by atoms with Crippen LogP contribution in [0.1, 0.15) is 21.7 Å². The topological polar surface area (TPSA) is 126 Å². The Morgan fingerprint density at radius 3 is 2.65 bits per heavy atom. The summed E-state index contributed by atoms with van der Waals surface area (Å²) in [4.78, 5) is 21.0. The van der Waals surface area contributed by atoms with Gasteiger partial charge >= 0.3 is 5.97 Å². The fourth-order valence-electron chi connectivity index (χ4n) is 1.76. The lowest BCUT2D eigenvalue weighted by atomic mass is 10.2. The SMILES string of the molecule is CN/C(=N/C#N)NCCSCc1nc[nH]c1C.O=C(O)c1ccccc1. The molecule has 1 heterocycles. The fraction of sp³-hybridized carbons (Fsp3) is 0.294. The molecule has 0 fully saturated rings. The standard InChI is InChI=1S/C10H16N6S.C7H6O2/c1-8-9(16-7-15-8)5-17-4-3-13-10(12-2)14-6-11;8-7(9)6-4-2-1-3-5-6/h7H,3-5H2,1-2H3,(H,15,16)(H2,12,13,14);1-5H,(H,8,9). The van der Waals surface area contributed by atoms with Crippen LogP contribution in [0.4, 0.5) is 0 Å². The Bertz CT molecular complexity index is 739. The van der Waals surface area contributed by atoms with Crippen molar-refractivity contribution in [2.45, 2.75) is 12.7 Å². The molecule has 1 aromatic heterocycles. The van der Waals surface area contributed by atoms with Crippen LogP contribution in [0.25, 0.3) is 0 Å². The van der Waals surface area contributed by atoms with Gasteiger partial charge in [0, 0.05) is 30.8 Å². The van der Waals surface area contributed by atoms with Gasteiger partial charge < -0.3 is 20.7 Å². The number of aromatic carboxylic acids is 1. The summed E-state index contributed by atoms with van der Waals surface area (Å²) in [5, 5.41) is 22.6. The van der Waals surface area contributed by atoms with E-state index in [1.807, 2.05) is 6.92 Å². The molecule has 9 heteroatoms. The minimum atomic E-state index is -0.879. The van der Waals surface area contributed by atoms with Gasteiger partial charge in [0.15, 0.2) is 0 Å². The molecule has 4 N–H and O–H groups in total. The van der Waals surface area contributed by atoms with Crippen molar-refractivity contribution < 1.29 is 9.90 Å². The van der Waals surface area contributed by atoms with Gasteiger partial charge in [-0.3, -0.25) is 0 Å². The van der Waals surface area contributed by atoms with E-state index in [2.05, 4.69) is 25.6 Å². The van der Waals surface area contributed by atoms with Crippen molar-refractivity contribution in [3.63, 3.8) is 0 Å². The maximum absolute atomic E-state index is 10.2. The molecular weight excluding hydrogens is 352 g/mol. The Morgan fingerprint density at radius 1 is 1.42 bits per heavy atom. The lowest BCUT2D eigenvalue weighted by Gasteiger charge is -2.06. The van der Waals surface area contributed by atoms with Crippen LogP contribution < -0.4 is 10.6 Å². The summed E-state index contributed by atoms with van der Waals surface area (Å²) in [5.41, 5.74) is 2.54. The number of aryl methyl sites for hydroxylation is 1. The van der Waals surface area contributed by atoms with E-state index >= 15 is 0 Å². The maximum atomic E-state index is 10.2. The van der Waals surface area contributed by atoms with Crippen molar-refractivity contribution >= 4 is 23.7 Å². The molecule has 138 valence electrons. The number of hydrogen-bond acceptors (Lipinski definition) is 5. The average molecular weight is 374 g/mol. The molecule has 0 amide bonds. The van der Waals surface area contributed by atoms with Gasteiger partial charge in [-0.25, -0.2) is 9.78 Å². The van der Waals surface area contributed by atoms with Crippen LogP contribution in [0.15, 0.2) is 41.7 Å². The van der Waals surface area contributed by atoms with Crippen molar-refractivity contribution in [1.29, 1.82) is 5.26 Å². The number of H-pyrrole nitrogens is 1. The van der Waals surface area contributed by atoms with Gasteiger partial charge in [-0.2, -0.15) is 17.0 Å². The molecule has 0 saturated carbocycles. The maximum Gasteiger partial charge on any atom is 0.335 e. The van der Waals surface area contributed by atoms with Crippen molar-refractivity contribution in [2.75, 3.05) is 19.3 Å². The molecular formula is C17H22N6O2S. The molecule has 0 bridgehead atoms. The van der Waals surface area contributed by atoms with E-state index in [9.17, 15) is 4.79 Å². The highest BCUT2D eigenvalue weighted by Crippen LogP contribution is 2.11. The zero-order valence-corrected chi connectivity index (χ0v) is 15.5. The van der Waals surface area contributed by atoms with E-state index in [1.54, 1.807) is 61.7 Å². The second kappa shape index (κ2) is 12.4. The van der Waals surface area contributed by atoms with Crippen molar-refractivity contribution in [1.82, 2.24) is 20.6 Å². The van der Waals surface area contributed by atoms with Gasteiger partial charge in [-0.15, -0.1) is 4.99 Å². The number of rotatable bonds is 6. The Labute approximate surface area is 156 Å². The van der Waals surface area contributed by atoms with Crippen molar-refractivity contribution in [3.8, 4) is 6.19 Å². The first-order chi connectivity index (χ1) is 12.6. The van der Waals surface area contributed by atoms with Crippen LogP contribution in [-0.4, -0.2) is 46.3 Å². The number of nitriles is 1. The lowest BCUT2D eigenvalue weighted by molar-refractivity contribution is 0.0697. The third-order valence-corrected chi connectivity index (χ3v) is 4.10. The molecule has 8 nitrogen and oxygen atoms in total. The van der Waals surface area contributed by atoms with Crippen LogP contribution in [0.5, 0.6) is 0 Å². The number of nitrogens with zero attached hydrogens (tertiary/aromatic N) is 3. The van der Waals surface area contributed by atoms with Gasteiger partial charge in [0.2, 0.25) is 12.2 Å². The number of nitrogens with one attached hydrogen (secondary N) is 3. The first-order valence-corrected chi connectivity index (χ1v) is 8.97. The summed E-state index contributed by atoms with van der Waals surface area (Å²) >= 11 is 1.79. The van der Waals surface area contributed by atoms with Gasteiger partial charge in [0.25, 0.3) is 0 Å². The molecule has 0 aliphatic heterocycles.